The minimum Gasteiger partial charge on any atom is -0.496 e. The Morgan fingerprint density at radius 1 is 1.07 bits per heavy atom. The number of carbonyl (C=O) groups is 2. The van der Waals surface area contributed by atoms with Crippen LogP contribution in [0, 0.1) is 0 Å². The minimum atomic E-state index is -1.77. The maximum Gasteiger partial charge on any atom is 0.344 e. The van der Waals surface area contributed by atoms with Gasteiger partial charge in [0.25, 0.3) is 0 Å². The van der Waals surface area contributed by atoms with Crippen LogP contribution in [0.25, 0.3) is 0 Å². The number of hydrogen-bond donors (Lipinski definition) is 1. The van der Waals surface area contributed by atoms with E-state index in [-0.39, 0.29) is 13.2 Å². The van der Waals surface area contributed by atoms with Gasteiger partial charge in [0.15, 0.2) is 0 Å². The minimum absolute atomic E-state index is 0.0231. The molecular weight excluding hydrogens is 392 g/mol. The molecule has 1 N–H and O–H groups in total. The summed E-state index contributed by atoms with van der Waals surface area (Å²) in [4.78, 5) is 26.1. The van der Waals surface area contributed by atoms with Crippen LogP contribution in [0.1, 0.15) is 64.7 Å². The van der Waals surface area contributed by atoms with Gasteiger partial charge >= 0.3 is 11.9 Å². The first-order valence-electron chi connectivity index (χ1n) is 9.75. The lowest BCUT2D eigenvalue weighted by atomic mass is 9.86. The molecular formula is C22H32O8. The molecule has 168 valence electrons. The third kappa shape index (κ3) is 4.87. The summed E-state index contributed by atoms with van der Waals surface area (Å²) in [5.74, 6) is -0.671. The molecule has 0 aliphatic carbocycles. The van der Waals surface area contributed by atoms with Gasteiger partial charge in [-0.2, -0.15) is 0 Å². The van der Waals surface area contributed by atoms with Crippen LogP contribution in [-0.2, 0) is 42.6 Å². The van der Waals surface area contributed by atoms with Crippen molar-refractivity contribution < 1.29 is 38.4 Å². The van der Waals surface area contributed by atoms with Crippen molar-refractivity contribution in [3.8, 4) is 11.5 Å². The monoisotopic (exact) mass is 424 g/mol. The van der Waals surface area contributed by atoms with Crippen molar-refractivity contribution in [3.63, 3.8) is 0 Å². The van der Waals surface area contributed by atoms with Crippen LogP contribution >= 0.6 is 0 Å². The molecule has 0 aromatic heterocycles. The molecule has 1 aromatic carbocycles. The van der Waals surface area contributed by atoms with Crippen LogP contribution < -0.4 is 9.47 Å². The Balaban J connectivity index is 2.69. The predicted octanol–water partition coefficient (Wildman–Crippen LogP) is 3.00. The van der Waals surface area contributed by atoms with E-state index in [1.807, 2.05) is 0 Å². The quantitative estimate of drug-likeness (QED) is 0.696. The summed E-state index contributed by atoms with van der Waals surface area (Å²) < 4.78 is 28.0. The van der Waals surface area contributed by atoms with Gasteiger partial charge in [0.1, 0.15) is 22.7 Å². The van der Waals surface area contributed by atoms with Crippen LogP contribution in [0.15, 0.2) is 6.07 Å². The molecule has 2 rings (SSSR count). The average molecular weight is 424 g/mol. The maximum absolute atomic E-state index is 13.4. The number of aliphatic hydroxyl groups excluding tert-OH is 1. The van der Waals surface area contributed by atoms with E-state index in [1.165, 1.54) is 14.2 Å². The zero-order valence-electron chi connectivity index (χ0n) is 19.0. The fourth-order valence-corrected chi connectivity index (χ4v) is 3.45. The highest BCUT2D eigenvalue weighted by atomic mass is 16.6. The molecule has 0 radical (unpaired) electrons. The third-order valence-electron chi connectivity index (χ3n) is 4.42. The average Bonchev–Trinajstić information content (AvgIpc) is 2.97. The van der Waals surface area contributed by atoms with Crippen molar-refractivity contribution >= 4 is 11.9 Å². The molecule has 1 heterocycles. The molecule has 30 heavy (non-hydrogen) atoms. The smallest absolute Gasteiger partial charge is 0.344 e. The van der Waals surface area contributed by atoms with E-state index in [2.05, 4.69) is 0 Å². The molecule has 0 saturated carbocycles. The maximum atomic E-state index is 13.4. The summed E-state index contributed by atoms with van der Waals surface area (Å²) >= 11 is 0. The molecule has 0 fully saturated rings. The number of ether oxygens (including phenoxy) is 5. The van der Waals surface area contributed by atoms with Gasteiger partial charge in [-0.3, -0.25) is 4.79 Å². The number of carbonyl (C=O) groups excluding carboxylic acids is 2. The topological polar surface area (TPSA) is 101 Å². The zero-order chi connectivity index (χ0) is 22.9. The van der Waals surface area contributed by atoms with Gasteiger partial charge in [0.05, 0.1) is 33.9 Å². The van der Waals surface area contributed by atoms with Crippen molar-refractivity contribution in [2.24, 2.45) is 0 Å². The lowest BCUT2D eigenvalue weighted by molar-refractivity contribution is -0.192. The van der Waals surface area contributed by atoms with Crippen molar-refractivity contribution in [2.75, 3.05) is 14.2 Å². The molecule has 0 spiro atoms. The van der Waals surface area contributed by atoms with Crippen LogP contribution in [0.5, 0.6) is 11.5 Å². The Labute approximate surface area is 177 Å². The lowest BCUT2D eigenvalue weighted by Crippen LogP contribution is -2.44. The fourth-order valence-electron chi connectivity index (χ4n) is 3.45. The molecule has 1 aliphatic heterocycles. The van der Waals surface area contributed by atoms with Crippen LogP contribution in [0.3, 0.4) is 0 Å². The number of rotatable bonds is 6. The Bertz CT molecular complexity index is 816. The second kappa shape index (κ2) is 8.43. The second-order valence-corrected chi connectivity index (χ2v) is 9.16. The number of fused-ring (bicyclic) bond motifs is 1. The highest BCUT2D eigenvalue weighted by Crippen LogP contribution is 2.50. The molecule has 8 heteroatoms. The Morgan fingerprint density at radius 2 is 1.67 bits per heavy atom. The van der Waals surface area contributed by atoms with Crippen LogP contribution in [-0.4, -0.2) is 42.5 Å². The first kappa shape index (κ1) is 24.0. The van der Waals surface area contributed by atoms with Gasteiger partial charge < -0.3 is 28.8 Å². The highest BCUT2D eigenvalue weighted by Gasteiger charge is 2.55. The summed E-state index contributed by atoms with van der Waals surface area (Å²) in [7, 11) is 2.90. The molecule has 8 nitrogen and oxygen atoms in total. The van der Waals surface area contributed by atoms with Crippen LogP contribution in [0.4, 0.5) is 0 Å². The molecule has 0 saturated heterocycles. The molecule has 1 atom stereocenters. The van der Waals surface area contributed by atoms with E-state index in [4.69, 9.17) is 23.7 Å². The van der Waals surface area contributed by atoms with E-state index in [0.717, 1.165) is 0 Å². The molecule has 0 bridgehead atoms. The van der Waals surface area contributed by atoms with Gasteiger partial charge in [-0.05, 0) is 47.6 Å². The standard InChI is InChI=1S/C22H32O8/c1-20(2,3)29-16(24)10-22(19(25)30-21(4,5)6)17-14(12-28-22)18(27-8)13(11-23)9-15(17)26-7/h9,23H,10-12H2,1-8H3. The largest absolute Gasteiger partial charge is 0.496 e. The lowest BCUT2D eigenvalue weighted by Gasteiger charge is -2.32. The SMILES string of the molecule is COc1cc(CO)c(OC)c2c1C(CC(=O)OC(C)(C)C)(C(=O)OC(C)(C)C)OC2. The normalized spacial score (nSPS) is 18.6. The Hall–Kier alpha value is -2.32. The van der Waals surface area contributed by atoms with E-state index >= 15 is 0 Å². The fraction of sp³-hybridized carbons (Fsp3) is 0.636. The van der Waals surface area contributed by atoms with E-state index in [9.17, 15) is 14.7 Å². The van der Waals surface area contributed by atoms with Gasteiger partial charge in [0.2, 0.25) is 5.60 Å². The Kier molecular flexibility index (Phi) is 6.73. The predicted molar refractivity (Wildman–Crippen MR) is 108 cm³/mol. The first-order valence-corrected chi connectivity index (χ1v) is 9.75. The second-order valence-electron chi connectivity index (χ2n) is 9.16. The van der Waals surface area contributed by atoms with Crippen molar-refractivity contribution in [3.05, 3.63) is 22.8 Å². The van der Waals surface area contributed by atoms with Crippen molar-refractivity contribution in [1.82, 2.24) is 0 Å². The van der Waals surface area contributed by atoms with E-state index < -0.39 is 35.2 Å². The van der Waals surface area contributed by atoms with E-state index in [1.54, 1.807) is 47.6 Å². The third-order valence-corrected chi connectivity index (χ3v) is 4.42. The van der Waals surface area contributed by atoms with Gasteiger partial charge in [-0.25, -0.2) is 4.79 Å². The van der Waals surface area contributed by atoms with Gasteiger partial charge in [-0.15, -0.1) is 0 Å². The molecule has 1 aliphatic rings. The molecule has 0 amide bonds. The zero-order valence-corrected chi connectivity index (χ0v) is 19.0. The Morgan fingerprint density at radius 3 is 2.13 bits per heavy atom. The number of methoxy groups -OCH3 is 2. The van der Waals surface area contributed by atoms with Gasteiger partial charge in [0, 0.05) is 16.7 Å². The van der Waals surface area contributed by atoms with E-state index in [0.29, 0.717) is 28.2 Å². The number of hydrogen-bond acceptors (Lipinski definition) is 8. The summed E-state index contributed by atoms with van der Waals surface area (Å²) in [6.45, 7) is 10.1. The van der Waals surface area contributed by atoms with Crippen LogP contribution in [0.2, 0.25) is 0 Å². The number of aliphatic hydroxyl groups is 1. The highest BCUT2D eigenvalue weighted by molar-refractivity contribution is 5.90. The van der Waals surface area contributed by atoms with Gasteiger partial charge in [-0.1, -0.05) is 0 Å². The summed E-state index contributed by atoms with van der Waals surface area (Å²) in [6, 6.07) is 1.57. The van der Waals surface area contributed by atoms with Crippen molar-refractivity contribution in [2.45, 2.75) is 78.0 Å². The number of esters is 2. The first-order chi connectivity index (χ1) is 13.8. The number of benzene rings is 1. The summed E-state index contributed by atoms with van der Waals surface area (Å²) in [5, 5.41) is 9.72. The molecule has 1 unspecified atom stereocenters. The van der Waals surface area contributed by atoms with Crippen molar-refractivity contribution in [1.29, 1.82) is 0 Å². The summed E-state index contributed by atoms with van der Waals surface area (Å²) in [5.41, 5.74) is -1.97. The summed E-state index contributed by atoms with van der Waals surface area (Å²) in [6.07, 6.45) is -0.399. The molecule has 1 aromatic rings.